The Labute approximate surface area is 286 Å². The van der Waals surface area contributed by atoms with Gasteiger partial charge < -0.3 is 16.4 Å². The molecule has 0 aromatic rings. The minimum Gasteiger partial charge on any atom is -0.373 e. The SMILES string of the molecule is CCCCCCCC/C=C\CCCCCCCC(=O)NCC1(CN)CN=C(CCCCCCC/C=C\CCCCCCCC)NC1. The molecule has 0 radical (unpaired) electrons. The van der Waals surface area contributed by atoms with Gasteiger partial charge in [-0.05, 0) is 64.2 Å². The first-order valence-electron chi connectivity index (χ1n) is 20.2. The van der Waals surface area contributed by atoms with Crippen LogP contribution in [0, 0.1) is 5.41 Å². The van der Waals surface area contributed by atoms with Crippen LogP contribution < -0.4 is 16.4 Å². The zero-order chi connectivity index (χ0) is 33.2. The van der Waals surface area contributed by atoms with Crippen molar-refractivity contribution in [3.05, 3.63) is 24.3 Å². The first kappa shape index (κ1) is 42.4. The van der Waals surface area contributed by atoms with Crippen LogP contribution in [0.5, 0.6) is 0 Å². The van der Waals surface area contributed by atoms with Crippen LogP contribution in [0.25, 0.3) is 0 Å². The number of allylic oxidation sites excluding steroid dienone is 4. The predicted octanol–water partition coefficient (Wildman–Crippen LogP) is 11.1. The quantitative estimate of drug-likeness (QED) is 0.0492. The van der Waals surface area contributed by atoms with Gasteiger partial charge in [-0.1, -0.05) is 141 Å². The number of nitrogens with two attached hydrogens (primary N) is 1. The van der Waals surface area contributed by atoms with Gasteiger partial charge in [-0.15, -0.1) is 0 Å². The normalized spacial score (nSPS) is 16.7. The zero-order valence-corrected chi connectivity index (χ0v) is 30.9. The van der Waals surface area contributed by atoms with E-state index >= 15 is 0 Å². The molecule has 1 unspecified atom stereocenters. The molecule has 1 heterocycles. The van der Waals surface area contributed by atoms with E-state index in [1.807, 2.05) is 0 Å². The van der Waals surface area contributed by atoms with E-state index in [2.05, 4.69) is 48.8 Å². The number of hydrogen-bond donors (Lipinski definition) is 3. The summed E-state index contributed by atoms with van der Waals surface area (Å²) in [4.78, 5) is 17.3. The monoisotopic (exact) mass is 643 g/mol. The Bertz CT molecular complexity index is 776. The highest BCUT2D eigenvalue weighted by Crippen LogP contribution is 2.19. The van der Waals surface area contributed by atoms with Crippen molar-refractivity contribution in [2.75, 3.05) is 26.2 Å². The van der Waals surface area contributed by atoms with Gasteiger partial charge in [0, 0.05) is 37.9 Å². The van der Waals surface area contributed by atoms with Gasteiger partial charge in [0.15, 0.2) is 0 Å². The lowest BCUT2D eigenvalue weighted by molar-refractivity contribution is -0.121. The van der Waals surface area contributed by atoms with Crippen LogP contribution in [-0.2, 0) is 4.79 Å². The van der Waals surface area contributed by atoms with Gasteiger partial charge in [-0.3, -0.25) is 9.79 Å². The fourth-order valence-corrected chi connectivity index (χ4v) is 6.25. The Morgan fingerprint density at radius 3 is 1.54 bits per heavy atom. The van der Waals surface area contributed by atoms with Crippen LogP contribution in [0.2, 0.25) is 0 Å². The van der Waals surface area contributed by atoms with Crippen molar-refractivity contribution in [1.29, 1.82) is 0 Å². The highest BCUT2D eigenvalue weighted by Gasteiger charge is 2.32. The summed E-state index contributed by atoms with van der Waals surface area (Å²) >= 11 is 0. The lowest BCUT2D eigenvalue weighted by Crippen LogP contribution is -2.54. The topological polar surface area (TPSA) is 79.5 Å². The maximum atomic E-state index is 12.5. The Hall–Kier alpha value is -1.62. The van der Waals surface area contributed by atoms with Crippen molar-refractivity contribution in [3.8, 4) is 0 Å². The highest BCUT2D eigenvalue weighted by molar-refractivity contribution is 5.83. The molecule has 1 aliphatic rings. The van der Waals surface area contributed by atoms with E-state index in [-0.39, 0.29) is 11.3 Å². The summed E-state index contributed by atoms with van der Waals surface area (Å²) in [5.41, 5.74) is 6.01. The maximum Gasteiger partial charge on any atom is 0.220 e. The molecule has 0 spiro atoms. The summed E-state index contributed by atoms with van der Waals surface area (Å²) in [6.07, 6.45) is 45.0. The van der Waals surface area contributed by atoms with Crippen LogP contribution >= 0.6 is 0 Å². The summed E-state index contributed by atoms with van der Waals surface area (Å²) < 4.78 is 0. The van der Waals surface area contributed by atoms with Crippen LogP contribution in [0.1, 0.15) is 194 Å². The minimum atomic E-state index is -0.162. The molecule has 46 heavy (non-hydrogen) atoms. The molecule has 5 nitrogen and oxygen atoms in total. The number of unbranched alkanes of at least 4 members (excludes halogenated alkanes) is 22. The molecule has 0 aromatic carbocycles. The third-order valence-electron chi connectivity index (χ3n) is 9.71. The van der Waals surface area contributed by atoms with Gasteiger partial charge in [-0.25, -0.2) is 0 Å². The summed E-state index contributed by atoms with van der Waals surface area (Å²) in [7, 11) is 0. The van der Waals surface area contributed by atoms with Gasteiger partial charge in [-0.2, -0.15) is 0 Å². The zero-order valence-electron chi connectivity index (χ0n) is 30.9. The third kappa shape index (κ3) is 25.5. The molecule has 0 saturated heterocycles. The molecule has 268 valence electrons. The summed E-state index contributed by atoms with van der Waals surface area (Å²) in [6.45, 7) is 7.23. The third-order valence-corrected chi connectivity index (χ3v) is 9.71. The van der Waals surface area contributed by atoms with Gasteiger partial charge >= 0.3 is 0 Å². The molecule has 0 fully saturated rings. The molecule has 0 aliphatic carbocycles. The number of nitrogens with one attached hydrogen (secondary N) is 2. The molecule has 4 N–H and O–H groups in total. The number of amides is 1. The molecule has 1 amide bonds. The number of nitrogens with zero attached hydrogens (tertiary/aromatic N) is 1. The molecular weight excluding hydrogens is 564 g/mol. The van der Waals surface area contributed by atoms with E-state index in [4.69, 9.17) is 10.7 Å². The van der Waals surface area contributed by atoms with Gasteiger partial charge in [0.05, 0.1) is 12.4 Å². The van der Waals surface area contributed by atoms with E-state index in [9.17, 15) is 4.79 Å². The minimum absolute atomic E-state index is 0.161. The Kier molecular flexibility index (Phi) is 29.5. The van der Waals surface area contributed by atoms with Crippen molar-refractivity contribution in [3.63, 3.8) is 0 Å². The molecule has 1 atom stereocenters. The predicted molar refractivity (Wildman–Crippen MR) is 204 cm³/mol. The van der Waals surface area contributed by atoms with Gasteiger partial charge in [0.25, 0.3) is 0 Å². The van der Waals surface area contributed by atoms with Crippen molar-refractivity contribution in [1.82, 2.24) is 10.6 Å². The lowest BCUT2D eigenvalue weighted by Gasteiger charge is -2.35. The van der Waals surface area contributed by atoms with Crippen molar-refractivity contribution in [2.45, 2.75) is 194 Å². The van der Waals surface area contributed by atoms with Crippen LogP contribution in [0.15, 0.2) is 29.3 Å². The van der Waals surface area contributed by atoms with E-state index in [1.165, 1.54) is 154 Å². The molecule has 0 aromatic heterocycles. The second kappa shape index (κ2) is 32.0. The molecule has 0 saturated carbocycles. The Morgan fingerprint density at radius 1 is 0.674 bits per heavy atom. The van der Waals surface area contributed by atoms with Crippen LogP contribution in [0.4, 0.5) is 0 Å². The first-order valence-corrected chi connectivity index (χ1v) is 20.2. The van der Waals surface area contributed by atoms with Crippen LogP contribution in [0.3, 0.4) is 0 Å². The van der Waals surface area contributed by atoms with Crippen LogP contribution in [-0.4, -0.2) is 37.9 Å². The lowest BCUT2D eigenvalue weighted by atomic mass is 9.86. The summed E-state index contributed by atoms with van der Waals surface area (Å²) in [5, 5.41) is 6.71. The molecule has 5 heteroatoms. The fraction of sp³-hybridized carbons (Fsp3) is 0.854. The summed E-state index contributed by atoms with van der Waals surface area (Å²) in [6, 6.07) is 0. The number of carbonyl (C=O) groups excluding carboxylic acids is 1. The van der Waals surface area contributed by atoms with Crippen molar-refractivity contribution < 1.29 is 4.79 Å². The number of amidine groups is 1. The van der Waals surface area contributed by atoms with Gasteiger partial charge in [0.2, 0.25) is 5.91 Å². The van der Waals surface area contributed by atoms with E-state index < -0.39 is 0 Å². The average molecular weight is 643 g/mol. The second-order valence-electron chi connectivity index (χ2n) is 14.3. The van der Waals surface area contributed by atoms with Gasteiger partial charge in [0.1, 0.15) is 0 Å². The smallest absolute Gasteiger partial charge is 0.220 e. The van der Waals surface area contributed by atoms with Crippen molar-refractivity contribution in [2.24, 2.45) is 16.1 Å². The fourth-order valence-electron chi connectivity index (χ4n) is 6.25. The maximum absolute atomic E-state index is 12.5. The molecule has 1 rings (SSSR count). The number of aliphatic imine (C=N–C) groups is 1. The highest BCUT2D eigenvalue weighted by atomic mass is 16.1. The molecular formula is C41H78N4O. The first-order chi connectivity index (χ1) is 22.7. The number of hydrogen-bond acceptors (Lipinski definition) is 4. The number of rotatable bonds is 33. The Morgan fingerprint density at radius 2 is 1.11 bits per heavy atom. The van der Waals surface area contributed by atoms with E-state index in [0.717, 1.165) is 31.6 Å². The molecule has 0 bridgehead atoms. The standard InChI is InChI=1S/C41H78N4O/c1-3-5-7-9-11-13-15-17-19-21-23-25-27-29-31-33-39-43-36-41(35-42,37-44-39)38-45-40(46)34-32-30-28-26-24-22-20-18-16-14-12-10-8-6-4-2/h17-20H,3-16,21-38,42H2,1-2H3,(H,43,44)(H,45,46)/b19-17-,20-18-. The number of carbonyl (C=O) groups is 1. The van der Waals surface area contributed by atoms with E-state index in [1.54, 1.807) is 0 Å². The van der Waals surface area contributed by atoms with Crippen molar-refractivity contribution >= 4 is 11.7 Å². The Balaban J connectivity index is 1.99. The average Bonchev–Trinajstić information content (AvgIpc) is 3.08. The second-order valence-corrected chi connectivity index (χ2v) is 14.3. The van der Waals surface area contributed by atoms with E-state index in [0.29, 0.717) is 26.1 Å². The summed E-state index contributed by atoms with van der Waals surface area (Å²) in [5.74, 6) is 1.29. The molecule has 1 aliphatic heterocycles. The largest absolute Gasteiger partial charge is 0.373 e.